The van der Waals surface area contributed by atoms with E-state index in [1.165, 1.54) is 21.4 Å². The van der Waals surface area contributed by atoms with E-state index in [1.807, 2.05) is 0 Å². The Hall–Kier alpha value is -0.390. The Labute approximate surface area is 133 Å². The van der Waals surface area contributed by atoms with Crippen LogP contribution in [0.4, 0.5) is 4.39 Å². The Morgan fingerprint density at radius 2 is 1.95 bits per heavy atom. The van der Waals surface area contributed by atoms with Gasteiger partial charge in [0.15, 0.2) is 0 Å². The fourth-order valence-electron chi connectivity index (χ4n) is 1.80. The second-order valence-corrected chi connectivity index (χ2v) is 7.32. The van der Waals surface area contributed by atoms with Gasteiger partial charge in [-0.25, -0.2) is 4.39 Å². The van der Waals surface area contributed by atoms with Gasteiger partial charge in [0.1, 0.15) is 11.6 Å². The molecular formula is C14H13Br2FOS. The van der Waals surface area contributed by atoms with Gasteiger partial charge in [-0.1, -0.05) is 15.9 Å². The lowest BCUT2D eigenvalue weighted by atomic mass is 10.1. The molecule has 0 aliphatic rings. The standard InChI is InChI=1S/C14H13Br2FOS/c1-7-4-13(19-8(7)2)14(16)9-5-10(15)11(17)6-12(9)18-3/h4-6,14H,1-3H3. The molecule has 1 unspecified atom stereocenters. The van der Waals surface area contributed by atoms with E-state index in [-0.39, 0.29) is 10.6 Å². The second-order valence-electron chi connectivity index (χ2n) is 4.26. The van der Waals surface area contributed by atoms with Gasteiger partial charge in [-0.2, -0.15) is 0 Å². The highest BCUT2D eigenvalue weighted by Crippen LogP contribution is 2.42. The van der Waals surface area contributed by atoms with Crippen molar-refractivity contribution in [3.05, 3.63) is 49.4 Å². The summed E-state index contributed by atoms with van der Waals surface area (Å²) in [5.74, 6) is 0.227. The SMILES string of the molecule is COc1cc(F)c(Br)cc1C(Br)c1cc(C)c(C)s1. The van der Waals surface area contributed by atoms with Crippen LogP contribution in [0, 0.1) is 19.7 Å². The summed E-state index contributed by atoms with van der Waals surface area (Å²) in [6.45, 7) is 4.19. The van der Waals surface area contributed by atoms with E-state index in [4.69, 9.17) is 4.74 Å². The minimum absolute atomic E-state index is 0.00301. The van der Waals surface area contributed by atoms with E-state index in [9.17, 15) is 4.39 Å². The van der Waals surface area contributed by atoms with Crippen molar-refractivity contribution in [2.24, 2.45) is 0 Å². The number of alkyl halides is 1. The van der Waals surface area contributed by atoms with Gasteiger partial charge < -0.3 is 4.74 Å². The lowest BCUT2D eigenvalue weighted by molar-refractivity contribution is 0.406. The van der Waals surface area contributed by atoms with E-state index in [0.717, 1.165) is 5.56 Å². The van der Waals surface area contributed by atoms with Gasteiger partial charge in [0.05, 0.1) is 16.4 Å². The fraction of sp³-hybridized carbons (Fsp3) is 0.286. The van der Waals surface area contributed by atoms with Gasteiger partial charge >= 0.3 is 0 Å². The summed E-state index contributed by atoms with van der Waals surface area (Å²) >= 11 is 8.64. The summed E-state index contributed by atoms with van der Waals surface area (Å²) in [7, 11) is 1.55. The molecule has 1 nitrogen and oxygen atoms in total. The molecule has 2 aromatic rings. The molecule has 0 saturated heterocycles. The summed E-state index contributed by atoms with van der Waals surface area (Å²) in [4.78, 5) is 2.48. The van der Waals surface area contributed by atoms with Gasteiger partial charge in [0.2, 0.25) is 0 Å². The number of benzene rings is 1. The smallest absolute Gasteiger partial charge is 0.141 e. The summed E-state index contributed by atoms with van der Waals surface area (Å²) < 4.78 is 19.3. The number of ether oxygens (including phenoxy) is 1. The largest absolute Gasteiger partial charge is 0.496 e. The fourth-order valence-corrected chi connectivity index (χ4v) is 3.97. The van der Waals surface area contributed by atoms with Crippen LogP contribution >= 0.6 is 43.2 Å². The van der Waals surface area contributed by atoms with Crippen LogP contribution in [-0.4, -0.2) is 7.11 Å². The first-order chi connectivity index (χ1) is 8.93. The normalized spacial score (nSPS) is 12.5. The number of hydrogen-bond donors (Lipinski definition) is 0. The van der Waals surface area contributed by atoms with E-state index in [1.54, 1.807) is 24.5 Å². The number of thiophene rings is 1. The topological polar surface area (TPSA) is 9.23 Å². The molecule has 0 aliphatic heterocycles. The molecule has 5 heteroatoms. The Bertz CT molecular complexity index is 590. The van der Waals surface area contributed by atoms with Crippen molar-refractivity contribution in [2.45, 2.75) is 18.7 Å². The highest BCUT2D eigenvalue weighted by molar-refractivity contribution is 9.10. The zero-order valence-corrected chi connectivity index (χ0v) is 14.7. The summed E-state index contributed by atoms with van der Waals surface area (Å²) in [6.07, 6.45) is 0. The number of methoxy groups -OCH3 is 1. The molecule has 0 bridgehead atoms. The van der Waals surface area contributed by atoms with Gasteiger partial charge in [-0.15, -0.1) is 11.3 Å². The van der Waals surface area contributed by atoms with E-state index >= 15 is 0 Å². The molecule has 1 aromatic carbocycles. The zero-order chi connectivity index (χ0) is 14.2. The molecule has 0 saturated carbocycles. The first-order valence-electron chi connectivity index (χ1n) is 5.68. The van der Waals surface area contributed by atoms with Crippen molar-refractivity contribution in [3.8, 4) is 5.75 Å². The van der Waals surface area contributed by atoms with Gasteiger partial charge in [0.25, 0.3) is 0 Å². The summed E-state index contributed by atoms with van der Waals surface area (Å²) in [5.41, 5.74) is 2.18. The maximum atomic E-state index is 13.5. The maximum Gasteiger partial charge on any atom is 0.141 e. The van der Waals surface area contributed by atoms with E-state index < -0.39 is 0 Å². The van der Waals surface area contributed by atoms with Crippen molar-refractivity contribution in [1.82, 2.24) is 0 Å². The Morgan fingerprint density at radius 3 is 2.47 bits per heavy atom. The molecule has 0 spiro atoms. The molecule has 1 aromatic heterocycles. The van der Waals surface area contributed by atoms with E-state index in [0.29, 0.717) is 10.2 Å². The lowest BCUT2D eigenvalue weighted by Crippen LogP contribution is -1.97. The van der Waals surface area contributed by atoms with Crippen molar-refractivity contribution in [1.29, 1.82) is 0 Å². The highest BCUT2D eigenvalue weighted by atomic mass is 79.9. The highest BCUT2D eigenvalue weighted by Gasteiger charge is 2.20. The second kappa shape index (κ2) is 5.94. The maximum absolute atomic E-state index is 13.5. The van der Waals surface area contributed by atoms with Crippen LogP contribution in [0.1, 0.15) is 25.7 Å². The lowest BCUT2D eigenvalue weighted by Gasteiger charge is -2.14. The molecule has 1 atom stereocenters. The average molecular weight is 408 g/mol. The summed E-state index contributed by atoms with van der Waals surface area (Å²) in [6, 6.07) is 5.31. The number of rotatable bonds is 3. The number of hydrogen-bond acceptors (Lipinski definition) is 2. The quantitative estimate of drug-likeness (QED) is 0.587. The molecular weight excluding hydrogens is 395 g/mol. The number of aryl methyl sites for hydroxylation is 2. The van der Waals surface area contributed by atoms with Crippen LogP contribution in [0.25, 0.3) is 0 Å². The molecule has 19 heavy (non-hydrogen) atoms. The van der Waals surface area contributed by atoms with Crippen molar-refractivity contribution >= 4 is 43.2 Å². The molecule has 0 aliphatic carbocycles. The molecule has 2 rings (SSSR count). The first-order valence-corrected chi connectivity index (χ1v) is 8.20. The third kappa shape index (κ3) is 3.03. The van der Waals surface area contributed by atoms with Crippen molar-refractivity contribution in [3.63, 3.8) is 0 Å². The molecule has 0 N–H and O–H groups in total. The molecule has 102 valence electrons. The third-order valence-electron chi connectivity index (χ3n) is 2.98. The summed E-state index contributed by atoms with van der Waals surface area (Å²) in [5, 5.41) is 0. The Morgan fingerprint density at radius 1 is 1.26 bits per heavy atom. The molecule has 1 heterocycles. The first kappa shape index (κ1) is 15.0. The van der Waals surface area contributed by atoms with Crippen LogP contribution in [0.15, 0.2) is 22.7 Å². The Balaban J connectivity index is 2.48. The minimum atomic E-state index is -0.321. The predicted molar refractivity (Wildman–Crippen MR) is 85.2 cm³/mol. The average Bonchev–Trinajstić information content (AvgIpc) is 2.71. The predicted octanol–water partition coefficient (Wildman–Crippen LogP) is 5.76. The minimum Gasteiger partial charge on any atom is -0.496 e. The van der Waals surface area contributed by atoms with Crippen LogP contribution in [0.5, 0.6) is 5.75 Å². The molecule has 0 amide bonds. The van der Waals surface area contributed by atoms with Gasteiger partial charge in [-0.3, -0.25) is 0 Å². The van der Waals surface area contributed by atoms with E-state index in [2.05, 4.69) is 51.8 Å². The molecule has 0 fully saturated rings. The van der Waals surface area contributed by atoms with Crippen molar-refractivity contribution < 1.29 is 9.13 Å². The molecule has 0 radical (unpaired) electrons. The van der Waals surface area contributed by atoms with Crippen LogP contribution < -0.4 is 4.74 Å². The van der Waals surface area contributed by atoms with Crippen LogP contribution in [0.2, 0.25) is 0 Å². The van der Waals surface area contributed by atoms with Crippen LogP contribution in [-0.2, 0) is 0 Å². The van der Waals surface area contributed by atoms with Crippen LogP contribution in [0.3, 0.4) is 0 Å². The number of halogens is 3. The monoisotopic (exact) mass is 406 g/mol. The van der Waals surface area contributed by atoms with Crippen molar-refractivity contribution in [2.75, 3.05) is 7.11 Å². The zero-order valence-electron chi connectivity index (χ0n) is 10.8. The van der Waals surface area contributed by atoms with Gasteiger partial charge in [0, 0.05) is 21.4 Å². The van der Waals surface area contributed by atoms with Gasteiger partial charge in [-0.05, 0) is 47.5 Å². The Kier molecular flexibility index (Phi) is 4.69. The third-order valence-corrected chi connectivity index (χ3v) is 6.10.